The van der Waals surface area contributed by atoms with Gasteiger partial charge in [-0.3, -0.25) is 0 Å². The Labute approximate surface area is 113 Å². The van der Waals surface area contributed by atoms with Crippen molar-refractivity contribution in [3.8, 4) is 0 Å². The number of aryl methyl sites for hydroxylation is 1. The zero-order chi connectivity index (χ0) is 15.8. The van der Waals surface area contributed by atoms with Crippen molar-refractivity contribution in [1.29, 1.82) is 0 Å². The van der Waals surface area contributed by atoms with Gasteiger partial charge in [-0.1, -0.05) is 20.8 Å². The predicted octanol–water partition coefficient (Wildman–Crippen LogP) is 5.70. The number of alkyl halides is 6. The van der Waals surface area contributed by atoms with Crippen molar-refractivity contribution in [2.24, 2.45) is 5.41 Å². The summed E-state index contributed by atoms with van der Waals surface area (Å²) in [5.41, 5.74) is -2.61. The monoisotopic (exact) mass is 298 g/mol. The summed E-state index contributed by atoms with van der Waals surface area (Å²) in [6, 6.07) is 1.74. The molecule has 1 rings (SSSR count). The van der Waals surface area contributed by atoms with E-state index in [1.165, 1.54) is 0 Å². The second kappa shape index (κ2) is 5.30. The van der Waals surface area contributed by atoms with Crippen molar-refractivity contribution in [1.82, 2.24) is 0 Å². The summed E-state index contributed by atoms with van der Waals surface area (Å²) < 4.78 is 75.9. The van der Waals surface area contributed by atoms with Crippen molar-refractivity contribution in [3.63, 3.8) is 0 Å². The summed E-state index contributed by atoms with van der Waals surface area (Å²) in [5, 5.41) is 0. The molecule has 0 bridgehead atoms. The van der Waals surface area contributed by atoms with Gasteiger partial charge in [-0.25, -0.2) is 0 Å². The molecule has 20 heavy (non-hydrogen) atoms. The van der Waals surface area contributed by atoms with Gasteiger partial charge in [0.15, 0.2) is 0 Å². The van der Waals surface area contributed by atoms with E-state index in [1.54, 1.807) is 0 Å². The molecule has 1 aromatic carbocycles. The molecule has 0 aromatic heterocycles. The zero-order valence-corrected chi connectivity index (χ0v) is 11.4. The maximum Gasteiger partial charge on any atom is 0.416 e. The summed E-state index contributed by atoms with van der Waals surface area (Å²) in [7, 11) is 0. The molecule has 114 valence electrons. The first-order chi connectivity index (χ1) is 8.79. The molecule has 0 unspecified atom stereocenters. The number of hydrogen-bond donors (Lipinski definition) is 0. The molecule has 6 heteroatoms. The average Bonchev–Trinajstić information content (AvgIpc) is 2.22. The summed E-state index contributed by atoms with van der Waals surface area (Å²) in [4.78, 5) is 0. The Morgan fingerprint density at radius 1 is 0.750 bits per heavy atom. The Kier molecular flexibility index (Phi) is 4.46. The van der Waals surface area contributed by atoms with Crippen LogP contribution in [-0.4, -0.2) is 0 Å². The fourth-order valence-electron chi connectivity index (χ4n) is 1.68. The van der Waals surface area contributed by atoms with Crippen LogP contribution in [0.1, 0.15) is 43.9 Å². The Balaban J connectivity index is 3.18. The van der Waals surface area contributed by atoms with Gasteiger partial charge in [0.25, 0.3) is 0 Å². The van der Waals surface area contributed by atoms with E-state index < -0.39 is 23.5 Å². The molecule has 0 amide bonds. The van der Waals surface area contributed by atoms with Gasteiger partial charge in [0.1, 0.15) is 0 Å². The topological polar surface area (TPSA) is 0 Å². The predicted molar refractivity (Wildman–Crippen MR) is 64.2 cm³/mol. The first-order valence-corrected chi connectivity index (χ1v) is 6.07. The minimum Gasteiger partial charge on any atom is -0.166 e. The van der Waals surface area contributed by atoms with Gasteiger partial charge in [0.2, 0.25) is 0 Å². The van der Waals surface area contributed by atoms with Gasteiger partial charge in [-0.15, -0.1) is 0 Å². The first kappa shape index (κ1) is 16.9. The van der Waals surface area contributed by atoms with Crippen LogP contribution < -0.4 is 0 Å². The Morgan fingerprint density at radius 2 is 1.15 bits per heavy atom. The third-order valence-corrected chi connectivity index (χ3v) is 2.81. The van der Waals surface area contributed by atoms with Gasteiger partial charge >= 0.3 is 12.4 Å². The molecular formula is C14H16F6. The number of hydrogen-bond acceptors (Lipinski definition) is 0. The van der Waals surface area contributed by atoms with E-state index in [9.17, 15) is 26.3 Å². The summed E-state index contributed by atoms with van der Waals surface area (Å²) in [6.45, 7) is 5.64. The quantitative estimate of drug-likeness (QED) is 0.614. The minimum absolute atomic E-state index is 0.0575. The highest BCUT2D eigenvalue weighted by Crippen LogP contribution is 2.37. The van der Waals surface area contributed by atoms with E-state index in [1.807, 2.05) is 20.8 Å². The van der Waals surface area contributed by atoms with Crippen LogP contribution in [0.3, 0.4) is 0 Å². The highest BCUT2D eigenvalue weighted by Gasteiger charge is 2.36. The summed E-state index contributed by atoms with van der Waals surface area (Å²) in [6.07, 6.45) is -8.88. The van der Waals surface area contributed by atoms with Gasteiger partial charge in [-0.2, -0.15) is 26.3 Å². The van der Waals surface area contributed by atoms with Gasteiger partial charge in [-0.05, 0) is 42.0 Å². The average molecular weight is 298 g/mol. The van der Waals surface area contributed by atoms with Crippen LogP contribution in [0.4, 0.5) is 26.3 Å². The molecule has 0 saturated carbocycles. The lowest BCUT2D eigenvalue weighted by molar-refractivity contribution is -0.143. The van der Waals surface area contributed by atoms with E-state index in [0.29, 0.717) is 6.42 Å². The van der Waals surface area contributed by atoms with Gasteiger partial charge in [0, 0.05) is 0 Å². The van der Waals surface area contributed by atoms with Crippen LogP contribution in [-0.2, 0) is 18.8 Å². The van der Waals surface area contributed by atoms with E-state index in [0.717, 1.165) is 12.1 Å². The second-order valence-electron chi connectivity index (χ2n) is 5.97. The highest BCUT2D eigenvalue weighted by molar-refractivity contribution is 5.33. The molecule has 0 aliphatic carbocycles. The molecular weight excluding hydrogens is 282 g/mol. The van der Waals surface area contributed by atoms with Gasteiger partial charge < -0.3 is 0 Å². The molecule has 0 aliphatic heterocycles. The van der Waals surface area contributed by atoms with Crippen LogP contribution in [0, 0.1) is 5.41 Å². The molecule has 0 fully saturated rings. The van der Waals surface area contributed by atoms with Crippen LogP contribution >= 0.6 is 0 Å². The van der Waals surface area contributed by atoms with E-state index in [4.69, 9.17) is 0 Å². The zero-order valence-electron chi connectivity index (χ0n) is 11.4. The summed E-state index contributed by atoms with van der Waals surface area (Å²) in [5.74, 6) is 0. The Hall–Kier alpha value is -1.20. The third kappa shape index (κ3) is 5.06. The lowest BCUT2D eigenvalue weighted by Gasteiger charge is -2.19. The molecule has 0 atom stereocenters. The van der Waals surface area contributed by atoms with Crippen molar-refractivity contribution < 1.29 is 26.3 Å². The largest absolute Gasteiger partial charge is 0.416 e. The molecule has 0 nitrogen and oxygen atoms in total. The fourth-order valence-corrected chi connectivity index (χ4v) is 1.68. The Bertz CT molecular complexity index is 430. The molecule has 0 saturated heterocycles. The maximum absolute atomic E-state index is 12.6. The first-order valence-electron chi connectivity index (χ1n) is 6.07. The minimum atomic E-state index is -4.78. The van der Waals surface area contributed by atoms with Gasteiger partial charge in [0.05, 0.1) is 11.1 Å². The Morgan fingerprint density at radius 3 is 1.45 bits per heavy atom. The van der Waals surface area contributed by atoms with Crippen LogP contribution in [0.15, 0.2) is 18.2 Å². The second-order valence-corrected chi connectivity index (χ2v) is 5.97. The molecule has 0 spiro atoms. The van der Waals surface area contributed by atoms with Crippen LogP contribution in [0.2, 0.25) is 0 Å². The van der Waals surface area contributed by atoms with E-state index >= 15 is 0 Å². The standard InChI is InChI=1S/C14H16F6/c1-12(2,3)5-4-9-6-10(13(15,16)17)8-11(7-9)14(18,19)20/h6-8H,4-5H2,1-3H3. The highest BCUT2D eigenvalue weighted by atomic mass is 19.4. The number of halogens is 6. The lowest BCUT2D eigenvalue weighted by atomic mass is 9.88. The van der Waals surface area contributed by atoms with Crippen molar-refractivity contribution in [2.75, 3.05) is 0 Å². The third-order valence-electron chi connectivity index (χ3n) is 2.81. The molecule has 0 N–H and O–H groups in total. The maximum atomic E-state index is 12.6. The molecule has 0 aliphatic rings. The van der Waals surface area contributed by atoms with E-state index in [-0.39, 0.29) is 23.5 Å². The van der Waals surface area contributed by atoms with Crippen molar-refractivity contribution in [2.45, 2.75) is 46.0 Å². The molecule has 1 aromatic rings. The normalized spacial score (nSPS) is 13.7. The lowest BCUT2D eigenvalue weighted by Crippen LogP contribution is -2.13. The number of benzene rings is 1. The fraction of sp³-hybridized carbons (Fsp3) is 0.571. The molecule has 0 heterocycles. The molecule has 0 radical (unpaired) electrons. The summed E-state index contributed by atoms with van der Waals surface area (Å²) >= 11 is 0. The SMILES string of the molecule is CC(C)(C)CCc1cc(C(F)(F)F)cc(C(F)(F)F)c1. The van der Waals surface area contributed by atoms with Crippen LogP contribution in [0.25, 0.3) is 0 Å². The van der Waals surface area contributed by atoms with Crippen molar-refractivity contribution >= 4 is 0 Å². The smallest absolute Gasteiger partial charge is 0.166 e. The van der Waals surface area contributed by atoms with Crippen LogP contribution in [0.5, 0.6) is 0 Å². The van der Waals surface area contributed by atoms with E-state index in [2.05, 4.69) is 0 Å². The number of rotatable bonds is 2. The van der Waals surface area contributed by atoms with Crippen molar-refractivity contribution in [3.05, 3.63) is 34.9 Å².